The van der Waals surface area contributed by atoms with Crippen LogP contribution in [-0.2, 0) is 9.59 Å². The molecule has 1 saturated carbocycles. The summed E-state index contributed by atoms with van der Waals surface area (Å²) in [6.45, 7) is 1.74. The van der Waals surface area contributed by atoms with Gasteiger partial charge in [0, 0.05) is 5.69 Å². The Labute approximate surface area is 117 Å². The summed E-state index contributed by atoms with van der Waals surface area (Å²) in [5.41, 5.74) is 1.25. The lowest BCUT2D eigenvalue weighted by molar-refractivity contribution is -0.147. The number of aliphatic carboxylic acids is 1. The molecule has 5 nitrogen and oxygen atoms in total. The summed E-state index contributed by atoms with van der Waals surface area (Å²) in [5.74, 6) is -2.05. The summed E-state index contributed by atoms with van der Waals surface area (Å²) >= 11 is 0. The fourth-order valence-corrected chi connectivity index (χ4v) is 2.71. The maximum absolute atomic E-state index is 12.2. The van der Waals surface area contributed by atoms with E-state index in [0.29, 0.717) is 24.1 Å². The molecule has 108 valence electrons. The molecule has 1 aliphatic carbocycles. The van der Waals surface area contributed by atoms with Crippen molar-refractivity contribution < 1.29 is 19.8 Å². The normalized spacial score (nSPS) is 22.2. The van der Waals surface area contributed by atoms with Crippen LogP contribution in [-0.4, -0.2) is 22.1 Å². The molecular weight excluding hydrogens is 258 g/mol. The van der Waals surface area contributed by atoms with Crippen molar-refractivity contribution in [3.63, 3.8) is 0 Å². The minimum absolute atomic E-state index is 0.170. The molecule has 1 amide bonds. The maximum Gasteiger partial charge on any atom is 0.307 e. The molecule has 20 heavy (non-hydrogen) atoms. The van der Waals surface area contributed by atoms with Gasteiger partial charge in [-0.2, -0.15) is 0 Å². The zero-order valence-electron chi connectivity index (χ0n) is 11.4. The van der Waals surface area contributed by atoms with Crippen LogP contribution < -0.4 is 5.32 Å². The number of anilines is 1. The number of phenols is 1. The molecule has 0 radical (unpaired) electrons. The van der Waals surface area contributed by atoms with Crippen molar-refractivity contribution in [3.8, 4) is 5.75 Å². The van der Waals surface area contributed by atoms with Crippen molar-refractivity contribution in [2.75, 3.05) is 5.32 Å². The number of carboxylic acid groups (broad SMARTS) is 1. The first-order chi connectivity index (χ1) is 9.49. The fraction of sp³-hybridized carbons (Fsp3) is 0.467. The minimum Gasteiger partial charge on any atom is -0.508 e. The monoisotopic (exact) mass is 277 g/mol. The lowest BCUT2D eigenvalue weighted by Crippen LogP contribution is -2.36. The van der Waals surface area contributed by atoms with E-state index in [2.05, 4.69) is 5.32 Å². The number of nitrogens with one attached hydrogen (secondary N) is 1. The van der Waals surface area contributed by atoms with Crippen LogP contribution in [0.5, 0.6) is 5.75 Å². The van der Waals surface area contributed by atoms with Gasteiger partial charge in [0.15, 0.2) is 0 Å². The van der Waals surface area contributed by atoms with E-state index < -0.39 is 17.8 Å². The predicted octanol–water partition coefficient (Wildman–Crippen LogP) is 2.53. The highest BCUT2D eigenvalue weighted by Crippen LogP contribution is 2.31. The number of hydrogen-bond acceptors (Lipinski definition) is 3. The number of amides is 1. The number of phenolic OH excluding ortho intramolecular Hbond substituents is 1. The predicted molar refractivity (Wildman–Crippen MR) is 74.6 cm³/mol. The van der Waals surface area contributed by atoms with E-state index in [1.807, 2.05) is 0 Å². The van der Waals surface area contributed by atoms with Crippen molar-refractivity contribution in [1.29, 1.82) is 0 Å². The number of carbonyl (C=O) groups is 2. The highest BCUT2D eigenvalue weighted by atomic mass is 16.4. The summed E-state index contributed by atoms with van der Waals surface area (Å²) in [6, 6.07) is 4.80. The number of benzene rings is 1. The fourth-order valence-electron chi connectivity index (χ4n) is 2.71. The number of carboxylic acids is 1. The Morgan fingerprint density at radius 2 is 1.85 bits per heavy atom. The van der Waals surface area contributed by atoms with Crippen molar-refractivity contribution in [2.24, 2.45) is 11.8 Å². The van der Waals surface area contributed by atoms with Crippen LogP contribution in [0.4, 0.5) is 5.69 Å². The first-order valence-corrected chi connectivity index (χ1v) is 6.82. The van der Waals surface area contributed by atoms with Gasteiger partial charge in [0.1, 0.15) is 5.75 Å². The van der Waals surface area contributed by atoms with Gasteiger partial charge in [0.2, 0.25) is 5.91 Å². The summed E-state index contributed by atoms with van der Waals surface area (Å²) in [7, 11) is 0. The second kappa shape index (κ2) is 5.94. The average Bonchev–Trinajstić information content (AvgIpc) is 2.43. The third-order valence-corrected chi connectivity index (χ3v) is 3.88. The molecule has 0 aromatic heterocycles. The molecule has 0 unspecified atom stereocenters. The average molecular weight is 277 g/mol. The first-order valence-electron chi connectivity index (χ1n) is 6.82. The summed E-state index contributed by atoms with van der Waals surface area (Å²) in [4.78, 5) is 23.4. The van der Waals surface area contributed by atoms with E-state index in [4.69, 9.17) is 0 Å². The van der Waals surface area contributed by atoms with E-state index >= 15 is 0 Å². The molecule has 2 atom stereocenters. The number of aromatic hydroxyl groups is 1. The third kappa shape index (κ3) is 3.10. The van der Waals surface area contributed by atoms with E-state index in [-0.39, 0.29) is 11.7 Å². The molecule has 1 aromatic carbocycles. The van der Waals surface area contributed by atoms with Crippen LogP contribution in [0.1, 0.15) is 31.2 Å². The molecule has 2 rings (SSSR count). The molecule has 3 N–H and O–H groups in total. The van der Waals surface area contributed by atoms with E-state index in [1.165, 1.54) is 6.07 Å². The Balaban J connectivity index is 2.09. The van der Waals surface area contributed by atoms with Gasteiger partial charge in [-0.25, -0.2) is 0 Å². The van der Waals surface area contributed by atoms with Crippen molar-refractivity contribution in [1.82, 2.24) is 0 Å². The molecule has 0 saturated heterocycles. The van der Waals surface area contributed by atoms with Crippen LogP contribution in [0.15, 0.2) is 18.2 Å². The second-order valence-electron chi connectivity index (χ2n) is 5.33. The smallest absolute Gasteiger partial charge is 0.307 e. The van der Waals surface area contributed by atoms with Gasteiger partial charge in [0.25, 0.3) is 0 Å². The second-order valence-corrected chi connectivity index (χ2v) is 5.33. The lowest BCUT2D eigenvalue weighted by atomic mass is 9.78. The zero-order valence-corrected chi connectivity index (χ0v) is 11.4. The molecule has 1 aliphatic rings. The Hall–Kier alpha value is -2.04. The third-order valence-electron chi connectivity index (χ3n) is 3.88. The number of hydrogen-bond donors (Lipinski definition) is 3. The van der Waals surface area contributed by atoms with Crippen LogP contribution in [0.2, 0.25) is 0 Å². The quantitative estimate of drug-likeness (QED) is 0.741. The van der Waals surface area contributed by atoms with Crippen molar-refractivity contribution in [3.05, 3.63) is 23.8 Å². The standard InChI is InChI=1S/C15H19NO4/c1-9-8-10(6-7-13(9)17)16-14(18)11-4-2-3-5-12(11)15(19)20/h6-8,11-12,17H,2-5H2,1H3,(H,16,18)(H,19,20)/t11-,12+/m1/s1. The Kier molecular flexibility index (Phi) is 4.27. The zero-order chi connectivity index (χ0) is 14.7. The number of rotatable bonds is 3. The van der Waals surface area contributed by atoms with Gasteiger partial charge >= 0.3 is 5.97 Å². The Morgan fingerprint density at radius 1 is 1.20 bits per heavy atom. The minimum atomic E-state index is -0.897. The van der Waals surface area contributed by atoms with Gasteiger partial charge < -0.3 is 15.5 Å². The van der Waals surface area contributed by atoms with E-state index in [0.717, 1.165) is 12.8 Å². The molecule has 0 heterocycles. The van der Waals surface area contributed by atoms with Crippen molar-refractivity contribution in [2.45, 2.75) is 32.6 Å². The molecule has 1 fully saturated rings. The Morgan fingerprint density at radius 3 is 2.45 bits per heavy atom. The van der Waals surface area contributed by atoms with Gasteiger partial charge in [-0.05, 0) is 43.5 Å². The van der Waals surface area contributed by atoms with E-state index in [1.54, 1.807) is 19.1 Å². The molecule has 1 aromatic rings. The highest BCUT2D eigenvalue weighted by Gasteiger charge is 2.35. The number of carbonyl (C=O) groups excluding carboxylic acids is 1. The Bertz CT molecular complexity index is 527. The highest BCUT2D eigenvalue weighted by molar-refractivity contribution is 5.95. The van der Waals surface area contributed by atoms with Crippen molar-refractivity contribution >= 4 is 17.6 Å². The first kappa shape index (κ1) is 14.4. The number of aryl methyl sites for hydroxylation is 1. The van der Waals surface area contributed by atoms with Crippen LogP contribution in [0.25, 0.3) is 0 Å². The largest absolute Gasteiger partial charge is 0.508 e. The van der Waals surface area contributed by atoms with Crippen LogP contribution >= 0.6 is 0 Å². The maximum atomic E-state index is 12.2. The molecular formula is C15H19NO4. The summed E-state index contributed by atoms with van der Waals surface area (Å²) < 4.78 is 0. The van der Waals surface area contributed by atoms with Gasteiger partial charge in [-0.3, -0.25) is 9.59 Å². The SMILES string of the molecule is Cc1cc(NC(=O)[C@@H]2CCCC[C@@H]2C(=O)O)ccc1O. The molecule has 0 bridgehead atoms. The molecule has 0 spiro atoms. The van der Waals surface area contributed by atoms with Gasteiger partial charge in [-0.15, -0.1) is 0 Å². The van der Waals surface area contributed by atoms with Crippen LogP contribution in [0.3, 0.4) is 0 Å². The lowest BCUT2D eigenvalue weighted by Gasteiger charge is -2.27. The summed E-state index contributed by atoms with van der Waals surface area (Å²) in [5, 5.41) is 21.4. The molecule has 5 heteroatoms. The van der Waals surface area contributed by atoms with Gasteiger partial charge in [0.05, 0.1) is 11.8 Å². The van der Waals surface area contributed by atoms with Gasteiger partial charge in [-0.1, -0.05) is 12.8 Å². The topological polar surface area (TPSA) is 86.6 Å². The van der Waals surface area contributed by atoms with Crippen LogP contribution in [0, 0.1) is 18.8 Å². The molecule has 0 aliphatic heterocycles. The van der Waals surface area contributed by atoms with E-state index in [9.17, 15) is 19.8 Å². The summed E-state index contributed by atoms with van der Waals surface area (Å²) in [6.07, 6.45) is 2.91.